The lowest BCUT2D eigenvalue weighted by Gasteiger charge is -2.22. The molecule has 0 aromatic rings. The third-order valence-electron chi connectivity index (χ3n) is 5.09. The van der Waals surface area contributed by atoms with Crippen molar-refractivity contribution in [1.82, 2.24) is 0 Å². The standard InChI is InChI=1S/C14H23OS/c1-14(16-8-4-5-9-16)10-11-6-2-3-7-12(11)13(14)15/h11-12H,2-10H2,1H3/q+1. The Morgan fingerprint density at radius 2 is 1.81 bits per heavy atom. The Kier molecular flexibility index (Phi) is 2.81. The molecule has 1 saturated heterocycles. The molecule has 0 aromatic heterocycles. The van der Waals surface area contributed by atoms with Gasteiger partial charge in [0.15, 0.2) is 10.5 Å². The molecular formula is C14H23OS+. The van der Waals surface area contributed by atoms with Crippen molar-refractivity contribution in [3.8, 4) is 0 Å². The van der Waals surface area contributed by atoms with Crippen LogP contribution in [-0.4, -0.2) is 22.0 Å². The molecule has 0 N–H and O–H groups in total. The molecule has 0 bridgehead atoms. The number of carbonyl (C=O) groups is 1. The minimum atomic E-state index is 0.107. The largest absolute Gasteiger partial charge is 0.293 e. The normalized spacial score (nSPS) is 44.9. The first-order valence-corrected chi connectivity index (χ1v) is 8.50. The number of ketones is 1. The highest BCUT2D eigenvalue weighted by molar-refractivity contribution is 7.99. The van der Waals surface area contributed by atoms with E-state index in [9.17, 15) is 4.79 Å². The number of fused-ring (bicyclic) bond motifs is 1. The van der Waals surface area contributed by atoms with E-state index < -0.39 is 0 Å². The molecule has 16 heavy (non-hydrogen) atoms. The Morgan fingerprint density at radius 3 is 2.50 bits per heavy atom. The highest BCUT2D eigenvalue weighted by atomic mass is 32.2. The van der Waals surface area contributed by atoms with Crippen molar-refractivity contribution in [2.24, 2.45) is 11.8 Å². The number of carbonyl (C=O) groups excluding carboxylic acids is 1. The van der Waals surface area contributed by atoms with Gasteiger partial charge in [-0.3, -0.25) is 4.79 Å². The van der Waals surface area contributed by atoms with Gasteiger partial charge in [-0.05, 0) is 38.5 Å². The van der Waals surface area contributed by atoms with E-state index in [2.05, 4.69) is 6.92 Å². The molecule has 90 valence electrons. The van der Waals surface area contributed by atoms with Crippen LogP contribution in [0.2, 0.25) is 0 Å². The molecule has 1 aliphatic heterocycles. The Labute approximate surface area is 102 Å². The molecule has 2 aliphatic carbocycles. The van der Waals surface area contributed by atoms with Crippen LogP contribution in [0.25, 0.3) is 0 Å². The zero-order valence-corrected chi connectivity index (χ0v) is 11.2. The summed E-state index contributed by atoms with van der Waals surface area (Å²) in [6.45, 7) is 2.31. The summed E-state index contributed by atoms with van der Waals surface area (Å²) in [6.07, 6.45) is 9.21. The zero-order valence-electron chi connectivity index (χ0n) is 10.3. The number of hydrogen-bond acceptors (Lipinski definition) is 1. The van der Waals surface area contributed by atoms with E-state index >= 15 is 0 Å². The van der Waals surface area contributed by atoms with Crippen molar-refractivity contribution >= 4 is 16.7 Å². The summed E-state index contributed by atoms with van der Waals surface area (Å²) in [4.78, 5) is 12.7. The summed E-state index contributed by atoms with van der Waals surface area (Å²) in [5, 5.41) is 0. The fourth-order valence-corrected chi connectivity index (χ4v) is 7.25. The second-order valence-corrected chi connectivity index (χ2v) is 8.76. The van der Waals surface area contributed by atoms with E-state index in [-0.39, 0.29) is 4.75 Å². The van der Waals surface area contributed by atoms with Gasteiger partial charge in [0.1, 0.15) is 11.5 Å². The topological polar surface area (TPSA) is 17.1 Å². The first-order chi connectivity index (χ1) is 7.72. The van der Waals surface area contributed by atoms with Crippen molar-refractivity contribution in [2.45, 2.75) is 56.6 Å². The first-order valence-electron chi connectivity index (χ1n) is 6.94. The summed E-state index contributed by atoms with van der Waals surface area (Å²) in [7, 11) is 0.435. The van der Waals surface area contributed by atoms with Crippen molar-refractivity contribution in [2.75, 3.05) is 11.5 Å². The third kappa shape index (κ3) is 1.56. The molecule has 0 amide bonds. The molecule has 3 unspecified atom stereocenters. The van der Waals surface area contributed by atoms with Crippen LogP contribution in [0.4, 0.5) is 0 Å². The van der Waals surface area contributed by atoms with Crippen molar-refractivity contribution < 1.29 is 4.79 Å². The monoisotopic (exact) mass is 239 g/mol. The maximum absolute atomic E-state index is 12.7. The average Bonchev–Trinajstić information content (AvgIpc) is 2.89. The van der Waals surface area contributed by atoms with Crippen LogP contribution in [0, 0.1) is 11.8 Å². The van der Waals surface area contributed by atoms with Gasteiger partial charge in [0, 0.05) is 23.2 Å². The summed E-state index contributed by atoms with van der Waals surface area (Å²) in [6, 6.07) is 0. The lowest BCUT2D eigenvalue weighted by atomic mass is 9.81. The lowest BCUT2D eigenvalue weighted by Crippen LogP contribution is -2.42. The molecule has 3 fully saturated rings. The van der Waals surface area contributed by atoms with Crippen LogP contribution in [0.3, 0.4) is 0 Å². The SMILES string of the molecule is CC1([S+]2CCCC2)CC2CCCCC2C1=O. The molecule has 1 nitrogen and oxygen atoms in total. The molecule has 2 heteroatoms. The summed E-state index contributed by atoms with van der Waals surface area (Å²) < 4.78 is 0.107. The van der Waals surface area contributed by atoms with Gasteiger partial charge in [-0.2, -0.15) is 0 Å². The van der Waals surface area contributed by atoms with E-state index in [1.807, 2.05) is 0 Å². The Bertz CT molecular complexity index is 295. The fourth-order valence-electron chi connectivity index (χ4n) is 4.16. The highest BCUT2D eigenvalue weighted by Crippen LogP contribution is 2.49. The van der Waals surface area contributed by atoms with Gasteiger partial charge in [0.25, 0.3) is 0 Å². The second kappa shape index (κ2) is 4.04. The van der Waals surface area contributed by atoms with Crippen LogP contribution in [-0.2, 0) is 15.7 Å². The maximum Gasteiger partial charge on any atom is 0.190 e. The van der Waals surface area contributed by atoms with Crippen LogP contribution < -0.4 is 0 Å². The summed E-state index contributed by atoms with van der Waals surface area (Å²) in [5.74, 6) is 4.59. The van der Waals surface area contributed by atoms with E-state index in [4.69, 9.17) is 0 Å². The minimum absolute atomic E-state index is 0.107. The van der Waals surface area contributed by atoms with Gasteiger partial charge in [-0.1, -0.05) is 12.8 Å². The van der Waals surface area contributed by atoms with Crippen molar-refractivity contribution in [3.63, 3.8) is 0 Å². The van der Waals surface area contributed by atoms with Crippen LogP contribution in [0.15, 0.2) is 0 Å². The highest BCUT2D eigenvalue weighted by Gasteiger charge is 2.60. The summed E-state index contributed by atoms with van der Waals surface area (Å²) in [5.41, 5.74) is 0. The van der Waals surface area contributed by atoms with E-state index in [0.29, 0.717) is 22.6 Å². The van der Waals surface area contributed by atoms with Gasteiger partial charge in [-0.15, -0.1) is 0 Å². The maximum atomic E-state index is 12.7. The molecular weight excluding hydrogens is 216 g/mol. The van der Waals surface area contributed by atoms with Crippen molar-refractivity contribution in [1.29, 1.82) is 0 Å². The molecule has 3 rings (SSSR count). The van der Waals surface area contributed by atoms with Crippen LogP contribution >= 0.6 is 0 Å². The molecule has 3 aliphatic rings. The Balaban J connectivity index is 1.83. The van der Waals surface area contributed by atoms with Crippen LogP contribution in [0.5, 0.6) is 0 Å². The zero-order chi connectivity index (χ0) is 11.2. The number of hydrogen-bond donors (Lipinski definition) is 0. The molecule has 0 spiro atoms. The Morgan fingerprint density at radius 1 is 1.12 bits per heavy atom. The van der Waals surface area contributed by atoms with Gasteiger partial charge < -0.3 is 0 Å². The average molecular weight is 239 g/mol. The quantitative estimate of drug-likeness (QED) is 0.643. The minimum Gasteiger partial charge on any atom is -0.293 e. The predicted molar refractivity (Wildman–Crippen MR) is 69.8 cm³/mol. The first kappa shape index (κ1) is 11.1. The second-order valence-electron chi connectivity index (χ2n) is 6.06. The van der Waals surface area contributed by atoms with Gasteiger partial charge in [-0.25, -0.2) is 0 Å². The predicted octanol–water partition coefficient (Wildman–Crippen LogP) is 2.94. The lowest BCUT2D eigenvalue weighted by molar-refractivity contribution is -0.123. The fraction of sp³-hybridized carbons (Fsp3) is 0.929. The number of Topliss-reactive ketones (excluding diaryl/α,β-unsaturated/α-hetero) is 1. The van der Waals surface area contributed by atoms with Crippen molar-refractivity contribution in [3.05, 3.63) is 0 Å². The molecule has 3 atom stereocenters. The molecule has 2 saturated carbocycles. The third-order valence-corrected chi connectivity index (χ3v) is 8.29. The molecule has 0 radical (unpaired) electrons. The van der Waals surface area contributed by atoms with E-state index in [0.717, 1.165) is 5.92 Å². The van der Waals surface area contributed by atoms with E-state index in [1.54, 1.807) is 0 Å². The van der Waals surface area contributed by atoms with Gasteiger partial charge in [0.2, 0.25) is 0 Å². The smallest absolute Gasteiger partial charge is 0.190 e. The summed E-state index contributed by atoms with van der Waals surface area (Å²) >= 11 is 0. The number of rotatable bonds is 1. The molecule has 1 heterocycles. The molecule has 0 aromatic carbocycles. The van der Waals surface area contributed by atoms with Gasteiger partial charge in [0.05, 0.1) is 0 Å². The van der Waals surface area contributed by atoms with E-state index in [1.165, 1.54) is 56.5 Å². The Hall–Kier alpha value is 0.0200. The van der Waals surface area contributed by atoms with Gasteiger partial charge >= 0.3 is 0 Å². The van der Waals surface area contributed by atoms with Crippen LogP contribution in [0.1, 0.15) is 51.9 Å².